The van der Waals surface area contributed by atoms with E-state index >= 15 is 0 Å². The Morgan fingerprint density at radius 1 is 0.879 bits per heavy atom. The molecular weight excluding hydrogens is 416 g/mol. The number of nitrogens with one attached hydrogen (secondary N) is 2. The monoisotopic (exact) mass is 448 g/mol. The molecule has 2 N–H and O–H groups in total. The minimum Gasteiger partial charge on any atom is -0.368 e. The van der Waals surface area contributed by atoms with Crippen LogP contribution < -0.4 is 15.8 Å². The third kappa shape index (κ3) is 4.86. The number of carbonyl (C=O) groups is 2. The quantitative estimate of drug-likeness (QED) is 0.739. The van der Waals surface area contributed by atoms with E-state index < -0.39 is 0 Å². The summed E-state index contributed by atoms with van der Waals surface area (Å²) in [6, 6.07) is 14.1. The smallest absolute Gasteiger partial charge is 0.241 e. The van der Waals surface area contributed by atoms with Crippen molar-refractivity contribution < 1.29 is 9.59 Å². The second-order valence-electron chi connectivity index (χ2n) is 9.19. The molecule has 3 atom stereocenters. The second kappa shape index (κ2) is 9.89. The van der Waals surface area contributed by atoms with Crippen molar-refractivity contribution in [1.29, 1.82) is 0 Å². The molecule has 2 aromatic rings. The van der Waals surface area contributed by atoms with Gasteiger partial charge in [0.2, 0.25) is 11.8 Å². The number of nitrogens with zero attached hydrogens (tertiary/aromatic N) is 4. The molecular formula is C25H32N6O2. The number of piperazine rings is 1. The summed E-state index contributed by atoms with van der Waals surface area (Å²) < 4.78 is 0. The van der Waals surface area contributed by atoms with Crippen LogP contribution in [0.2, 0.25) is 0 Å². The van der Waals surface area contributed by atoms with Crippen molar-refractivity contribution in [3.63, 3.8) is 0 Å². The Balaban J connectivity index is 1.14. The molecule has 0 aliphatic carbocycles. The van der Waals surface area contributed by atoms with Crippen LogP contribution in [0.25, 0.3) is 0 Å². The number of hydrazine groups is 1. The lowest BCUT2D eigenvalue weighted by Crippen LogP contribution is -2.54. The standard InChI is InChI=1S/C25H32N6O2/c32-24(30-14-12-29(13-15-30)21-8-2-1-3-9-21)20-7-5-11-31(18-20)25(33)23-16-22(27-28-23)19-6-4-10-26-17-19/h1-4,6,8-10,17,20,22-23,27-28H,5,7,11-16,18H2. The predicted molar refractivity (Wildman–Crippen MR) is 126 cm³/mol. The molecule has 0 saturated carbocycles. The van der Waals surface area contributed by atoms with Gasteiger partial charge in [-0.15, -0.1) is 0 Å². The van der Waals surface area contributed by atoms with E-state index in [2.05, 4.69) is 32.9 Å². The Kier molecular flexibility index (Phi) is 6.55. The number of hydrogen-bond acceptors (Lipinski definition) is 6. The third-order valence-corrected chi connectivity index (χ3v) is 7.08. The molecule has 3 saturated heterocycles. The minimum absolute atomic E-state index is 0.0655. The van der Waals surface area contributed by atoms with Gasteiger partial charge in [-0.2, -0.15) is 0 Å². The van der Waals surface area contributed by atoms with Gasteiger partial charge in [0.25, 0.3) is 0 Å². The lowest BCUT2D eigenvalue weighted by atomic mass is 9.95. The molecule has 3 fully saturated rings. The van der Waals surface area contributed by atoms with E-state index in [1.54, 1.807) is 6.20 Å². The zero-order valence-corrected chi connectivity index (χ0v) is 18.9. The summed E-state index contributed by atoms with van der Waals surface area (Å²) in [7, 11) is 0. The predicted octanol–water partition coefficient (Wildman–Crippen LogP) is 1.58. The summed E-state index contributed by atoms with van der Waals surface area (Å²) in [4.78, 5) is 36.8. The van der Waals surface area contributed by atoms with Crippen LogP contribution in [-0.4, -0.2) is 71.9 Å². The van der Waals surface area contributed by atoms with Crippen LogP contribution in [0.15, 0.2) is 54.9 Å². The van der Waals surface area contributed by atoms with Crippen molar-refractivity contribution in [1.82, 2.24) is 25.6 Å². The lowest BCUT2D eigenvalue weighted by molar-refractivity contribution is -0.142. The van der Waals surface area contributed by atoms with Crippen molar-refractivity contribution >= 4 is 17.5 Å². The Hall–Kier alpha value is -2.97. The molecule has 1 aromatic carbocycles. The Morgan fingerprint density at radius 2 is 1.70 bits per heavy atom. The van der Waals surface area contributed by atoms with Crippen molar-refractivity contribution in [3.05, 3.63) is 60.4 Å². The molecule has 33 heavy (non-hydrogen) atoms. The number of para-hydroxylation sites is 1. The van der Waals surface area contributed by atoms with Gasteiger partial charge in [0, 0.05) is 63.4 Å². The van der Waals surface area contributed by atoms with Crippen LogP contribution >= 0.6 is 0 Å². The molecule has 174 valence electrons. The summed E-state index contributed by atoms with van der Waals surface area (Å²) >= 11 is 0. The zero-order chi connectivity index (χ0) is 22.6. The Bertz CT molecular complexity index is 948. The Labute approximate surface area is 194 Å². The maximum absolute atomic E-state index is 13.3. The summed E-state index contributed by atoms with van der Waals surface area (Å²) in [5.74, 6) is 0.181. The highest BCUT2D eigenvalue weighted by Crippen LogP contribution is 2.25. The first-order chi connectivity index (χ1) is 16.2. The molecule has 8 heteroatoms. The number of rotatable bonds is 4. The van der Waals surface area contributed by atoms with Crippen LogP contribution in [0, 0.1) is 5.92 Å². The van der Waals surface area contributed by atoms with Gasteiger partial charge >= 0.3 is 0 Å². The van der Waals surface area contributed by atoms with E-state index in [0.29, 0.717) is 13.0 Å². The highest BCUT2D eigenvalue weighted by molar-refractivity contribution is 5.84. The van der Waals surface area contributed by atoms with Crippen molar-refractivity contribution in [2.45, 2.75) is 31.3 Å². The number of anilines is 1. The second-order valence-corrected chi connectivity index (χ2v) is 9.19. The molecule has 3 aliphatic heterocycles. The van der Waals surface area contributed by atoms with Gasteiger partial charge in [-0.1, -0.05) is 24.3 Å². The van der Waals surface area contributed by atoms with E-state index in [1.807, 2.05) is 46.3 Å². The van der Waals surface area contributed by atoms with Gasteiger partial charge < -0.3 is 14.7 Å². The van der Waals surface area contributed by atoms with Crippen LogP contribution in [-0.2, 0) is 9.59 Å². The van der Waals surface area contributed by atoms with Crippen LogP contribution in [0.4, 0.5) is 5.69 Å². The molecule has 0 bridgehead atoms. The molecule has 2 amide bonds. The highest BCUT2D eigenvalue weighted by atomic mass is 16.2. The lowest BCUT2D eigenvalue weighted by Gasteiger charge is -2.40. The van der Waals surface area contributed by atoms with E-state index in [9.17, 15) is 9.59 Å². The van der Waals surface area contributed by atoms with E-state index in [4.69, 9.17) is 0 Å². The number of hydrogen-bond donors (Lipinski definition) is 2. The number of carbonyl (C=O) groups excluding carboxylic acids is 2. The van der Waals surface area contributed by atoms with Gasteiger partial charge in [-0.3, -0.25) is 14.6 Å². The topological polar surface area (TPSA) is 80.8 Å². The molecule has 1 aromatic heterocycles. The van der Waals surface area contributed by atoms with E-state index in [0.717, 1.165) is 51.1 Å². The van der Waals surface area contributed by atoms with Gasteiger partial charge in [-0.05, 0) is 43.0 Å². The number of pyridine rings is 1. The molecule has 0 spiro atoms. The summed E-state index contributed by atoms with van der Waals surface area (Å²) in [6.45, 7) is 4.40. The van der Waals surface area contributed by atoms with Crippen LogP contribution in [0.1, 0.15) is 30.9 Å². The molecule has 4 heterocycles. The number of amides is 2. The molecule has 3 aliphatic rings. The fraction of sp³-hybridized carbons (Fsp3) is 0.480. The average molecular weight is 449 g/mol. The van der Waals surface area contributed by atoms with Crippen LogP contribution in [0.3, 0.4) is 0 Å². The maximum atomic E-state index is 13.3. The summed E-state index contributed by atoms with van der Waals surface area (Å²) in [6.07, 6.45) is 6.00. The first kappa shape index (κ1) is 21.9. The maximum Gasteiger partial charge on any atom is 0.241 e. The third-order valence-electron chi connectivity index (χ3n) is 7.08. The normalized spacial score (nSPS) is 25.8. The molecule has 8 nitrogen and oxygen atoms in total. The summed E-state index contributed by atoms with van der Waals surface area (Å²) in [5.41, 5.74) is 8.67. The Morgan fingerprint density at radius 3 is 2.45 bits per heavy atom. The fourth-order valence-electron chi connectivity index (χ4n) is 5.20. The van der Waals surface area contributed by atoms with Crippen molar-refractivity contribution in [2.75, 3.05) is 44.2 Å². The molecule has 5 rings (SSSR count). The van der Waals surface area contributed by atoms with Gasteiger partial charge in [0.1, 0.15) is 6.04 Å². The number of likely N-dealkylation sites (tertiary alicyclic amines) is 1. The number of aromatic nitrogens is 1. The number of benzene rings is 1. The minimum atomic E-state index is -0.279. The van der Waals surface area contributed by atoms with Crippen molar-refractivity contribution in [3.8, 4) is 0 Å². The fourth-order valence-corrected chi connectivity index (χ4v) is 5.20. The molecule has 3 unspecified atom stereocenters. The summed E-state index contributed by atoms with van der Waals surface area (Å²) in [5, 5.41) is 0. The van der Waals surface area contributed by atoms with Gasteiger partial charge in [-0.25, -0.2) is 10.9 Å². The SMILES string of the molecule is O=C(C1CCCN(C(=O)C2CC(c3cccnc3)NN2)C1)N1CCN(c2ccccc2)CC1. The average Bonchev–Trinajstić information content (AvgIpc) is 3.39. The van der Waals surface area contributed by atoms with Crippen molar-refractivity contribution in [2.24, 2.45) is 5.92 Å². The van der Waals surface area contributed by atoms with E-state index in [1.165, 1.54) is 5.69 Å². The molecule has 0 radical (unpaired) electrons. The largest absolute Gasteiger partial charge is 0.368 e. The van der Waals surface area contributed by atoms with Gasteiger partial charge in [0.15, 0.2) is 0 Å². The number of piperidine rings is 1. The first-order valence-electron chi connectivity index (χ1n) is 12.0. The first-order valence-corrected chi connectivity index (χ1v) is 12.0. The highest BCUT2D eigenvalue weighted by Gasteiger charge is 2.37. The zero-order valence-electron chi connectivity index (χ0n) is 18.9. The van der Waals surface area contributed by atoms with E-state index in [-0.39, 0.29) is 29.8 Å². The van der Waals surface area contributed by atoms with Crippen LogP contribution in [0.5, 0.6) is 0 Å². The van der Waals surface area contributed by atoms with Gasteiger partial charge in [0.05, 0.1) is 5.92 Å².